The van der Waals surface area contributed by atoms with Crippen LogP contribution in [0.1, 0.15) is 79.6 Å². The molecule has 0 heteroatoms. The molecule has 0 radical (unpaired) electrons. The molecule has 0 fully saturated rings. The summed E-state index contributed by atoms with van der Waals surface area (Å²) in [5.41, 5.74) is 0. The smallest absolute Gasteiger partial charge is 0.0412 e. The maximum absolute atomic E-state index is 2.36. The molecule has 0 aliphatic heterocycles. The van der Waals surface area contributed by atoms with E-state index in [4.69, 9.17) is 0 Å². The Bertz CT molecular complexity index is 122. The molecule has 0 rings (SSSR count). The van der Waals surface area contributed by atoms with Crippen molar-refractivity contribution in [2.24, 2.45) is 17.8 Å². The summed E-state index contributed by atoms with van der Waals surface area (Å²) in [6, 6.07) is 0. The van der Waals surface area contributed by atoms with Crippen molar-refractivity contribution >= 4 is 0 Å². The molecule has 0 amide bonds. The van der Waals surface area contributed by atoms with Crippen LogP contribution in [0.25, 0.3) is 0 Å². The molecule has 0 saturated carbocycles. The van der Waals surface area contributed by atoms with Gasteiger partial charge in [-0.2, -0.15) is 0 Å². The van der Waals surface area contributed by atoms with E-state index in [1.165, 1.54) is 44.9 Å². The van der Waals surface area contributed by atoms with Gasteiger partial charge in [0.1, 0.15) is 0 Å². The fraction of sp³-hybridized carbons (Fsp3) is 1.00. The highest BCUT2D eigenvalue weighted by atomic mass is 14.2. The summed E-state index contributed by atoms with van der Waals surface area (Å²) in [5.74, 6) is 2.86. The van der Waals surface area contributed by atoms with Crippen LogP contribution in [0.3, 0.4) is 0 Å². The minimum Gasteiger partial charge on any atom is -0.0654 e. The molecule has 0 N–H and O–H groups in total. The van der Waals surface area contributed by atoms with E-state index < -0.39 is 0 Å². The topological polar surface area (TPSA) is 0 Å². The minimum atomic E-state index is 0.878. The molecule has 15 heavy (non-hydrogen) atoms. The molecule has 0 bridgehead atoms. The third-order valence-corrected chi connectivity index (χ3v) is 3.64. The van der Waals surface area contributed by atoms with Crippen LogP contribution in [-0.2, 0) is 0 Å². The summed E-state index contributed by atoms with van der Waals surface area (Å²) in [4.78, 5) is 0. The van der Waals surface area contributed by atoms with Gasteiger partial charge in [0.15, 0.2) is 0 Å². The monoisotopic (exact) mass is 212 g/mol. The molecule has 0 saturated heterocycles. The zero-order valence-corrected chi connectivity index (χ0v) is 11.7. The summed E-state index contributed by atoms with van der Waals surface area (Å²) >= 11 is 0. The average molecular weight is 212 g/mol. The molecule has 0 aromatic heterocycles. The van der Waals surface area contributed by atoms with E-state index in [1.54, 1.807) is 0 Å². The number of hydrogen-bond acceptors (Lipinski definition) is 0. The van der Waals surface area contributed by atoms with Gasteiger partial charge in [0.2, 0.25) is 0 Å². The fourth-order valence-electron chi connectivity index (χ4n) is 2.62. The fourth-order valence-corrected chi connectivity index (χ4v) is 2.62. The Morgan fingerprint density at radius 2 is 1.27 bits per heavy atom. The van der Waals surface area contributed by atoms with Crippen LogP contribution < -0.4 is 0 Å². The Hall–Kier alpha value is 0. The molecule has 0 aromatic rings. The lowest BCUT2D eigenvalue weighted by Gasteiger charge is -2.21. The molecule has 0 spiro atoms. The average Bonchev–Trinajstić information content (AvgIpc) is 2.18. The summed E-state index contributed by atoms with van der Waals surface area (Å²) in [6.07, 6.45) is 9.92. The lowest BCUT2D eigenvalue weighted by Crippen LogP contribution is -2.07. The zero-order chi connectivity index (χ0) is 11.7. The largest absolute Gasteiger partial charge is 0.0654 e. The van der Waals surface area contributed by atoms with Gasteiger partial charge in [-0.1, -0.05) is 73.1 Å². The summed E-state index contributed by atoms with van der Waals surface area (Å²) in [5, 5.41) is 0. The predicted octanol–water partition coefficient (Wildman–Crippen LogP) is 5.67. The SMILES string of the molecule is CCCC(CCC(CC)CC)CC(C)C. The van der Waals surface area contributed by atoms with Gasteiger partial charge >= 0.3 is 0 Å². The highest BCUT2D eigenvalue weighted by Crippen LogP contribution is 2.26. The van der Waals surface area contributed by atoms with Gasteiger partial charge in [-0.3, -0.25) is 0 Å². The zero-order valence-electron chi connectivity index (χ0n) is 11.7. The Morgan fingerprint density at radius 1 is 0.733 bits per heavy atom. The van der Waals surface area contributed by atoms with Gasteiger partial charge in [-0.25, -0.2) is 0 Å². The first kappa shape index (κ1) is 15.0. The quantitative estimate of drug-likeness (QED) is 0.462. The first-order valence-corrected chi connectivity index (χ1v) is 7.13. The molecule has 1 unspecified atom stereocenters. The van der Waals surface area contributed by atoms with E-state index in [2.05, 4.69) is 34.6 Å². The van der Waals surface area contributed by atoms with Gasteiger partial charge in [-0.15, -0.1) is 0 Å². The lowest BCUT2D eigenvalue weighted by atomic mass is 9.85. The normalized spacial score (nSPS) is 13.8. The van der Waals surface area contributed by atoms with Crippen LogP contribution in [0.2, 0.25) is 0 Å². The Balaban J connectivity index is 3.82. The molecule has 0 heterocycles. The van der Waals surface area contributed by atoms with E-state index in [0.29, 0.717) is 0 Å². The van der Waals surface area contributed by atoms with Gasteiger partial charge < -0.3 is 0 Å². The molecule has 0 aliphatic carbocycles. The Morgan fingerprint density at radius 3 is 1.67 bits per heavy atom. The van der Waals surface area contributed by atoms with Crippen LogP contribution >= 0.6 is 0 Å². The predicted molar refractivity (Wildman–Crippen MR) is 71.2 cm³/mol. The Labute approximate surface area is 97.8 Å². The van der Waals surface area contributed by atoms with Gasteiger partial charge in [0, 0.05) is 0 Å². The van der Waals surface area contributed by atoms with Crippen molar-refractivity contribution in [3.8, 4) is 0 Å². The molecule has 1 atom stereocenters. The maximum atomic E-state index is 2.36. The van der Waals surface area contributed by atoms with Crippen molar-refractivity contribution in [1.82, 2.24) is 0 Å². The highest BCUT2D eigenvalue weighted by molar-refractivity contribution is 4.64. The molecular weight excluding hydrogens is 180 g/mol. The molecule has 0 aromatic carbocycles. The van der Waals surface area contributed by atoms with Gasteiger partial charge in [0.05, 0.1) is 0 Å². The van der Waals surface area contributed by atoms with E-state index in [-0.39, 0.29) is 0 Å². The summed E-state index contributed by atoms with van der Waals surface area (Å²) in [7, 11) is 0. The van der Waals surface area contributed by atoms with E-state index >= 15 is 0 Å². The van der Waals surface area contributed by atoms with Crippen molar-refractivity contribution < 1.29 is 0 Å². The van der Waals surface area contributed by atoms with E-state index in [1.807, 2.05) is 0 Å². The minimum absolute atomic E-state index is 0.878. The lowest BCUT2D eigenvalue weighted by molar-refractivity contribution is 0.317. The van der Waals surface area contributed by atoms with Gasteiger partial charge in [-0.05, 0) is 24.2 Å². The number of hydrogen-bond donors (Lipinski definition) is 0. The van der Waals surface area contributed by atoms with Crippen LogP contribution in [0, 0.1) is 17.8 Å². The third kappa shape index (κ3) is 7.88. The van der Waals surface area contributed by atoms with Gasteiger partial charge in [0.25, 0.3) is 0 Å². The summed E-state index contributed by atoms with van der Waals surface area (Å²) in [6.45, 7) is 11.7. The molecule has 0 aliphatic rings. The van der Waals surface area contributed by atoms with Crippen molar-refractivity contribution in [3.63, 3.8) is 0 Å². The van der Waals surface area contributed by atoms with E-state index in [9.17, 15) is 0 Å². The molecule has 0 nitrogen and oxygen atoms in total. The second-order valence-electron chi connectivity index (χ2n) is 5.54. The molecule has 92 valence electrons. The highest BCUT2D eigenvalue weighted by Gasteiger charge is 2.12. The van der Waals surface area contributed by atoms with Crippen LogP contribution in [0.15, 0.2) is 0 Å². The van der Waals surface area contributed by atoms with Crippen molar-refractivity contribution in [2.45, 2.75) is 79.6 Å². The maximum Gasteiger partial charge on any atom is -0.0412 e. The third-order valence-electron chi connectivity index (χ3n) is 3.64. The first-order chi connectivity index (χ1) is 7.13. The van der Waals surface area contributed by atoms with Crippen LogP contribution in [0.4, 0.5) is 0 Å². The number of rotatable bonds is 9. The van der Waals surface area contributed by atoms with Crippen molar-refractivity contribution in [1.29, 1.82) is 0 Å². The van der Waals surface area contributed by atoms with Crippen LogP contribution in [-0.4, -0.2) is 0 Å². The summed E-state index contributed by atoms with van der Waals surface area (Å²) < 4.78 is 0. The second kappa shape index (κ2) is 9.24. The van der Waals surface area contributed by atoms with Crippen molar-refractivity contribution in [3.05, 3.63) is 0 Å². The van der Waals surface area contributed by atoms with Crippen molar-refractivity contribution in [2.75, 3.05) is 0 Å². The van der Waals surface area contributed by atoms with Crippen LogP contribution in [0.5, 0.6) is 0 Å². The van der Waals surface area contributed by atoms with E-state index in [0.717, 1.165) is 17.8 Å². The Kier molecular flexibility index (Phi) is 9.24. The second-order valence-corrected chi connectivity index (χ2v) is 5.54. The molecular formula is C15H32. The first-order valence-electron chi connectivity index (χ1n) is 7.13. The standard InChI is InChI=1S/C15H32/c1-6-9-15(12-13(4)5)11-10-14(7-2)8-3/h13-15H,6-12H2,1-5H3.